The van der Waals surface area contributed by atoms with Gasteiger partial charge >= 0.3 is 0 Å². The highest BCUT2D eigenvalue weighted by Crippen LogP contribution is 2.55. The van der Waals surface area contributed by atoms with Crippen LogP contribution in [-0.2, 0) is 22.7 Å². The zero-order chi connectivity index (χ0) is 30.4. The minimum atomic E-state index is -0.393. The van der Waals surface area contributed by atoms with E-state index in [0.29, 0.717) is 0 Å². The van der Waals surface area contributed by atoms with Gasteiger partial charge < -0.3 is 0 Å². The van der Waals surface area contributed by atoms with Crippen molar-refractivity contribution in [2.24, 2.45) is 0 Å². The van der Waals surface area contributed by atoms with Crippen LogP contribution in [0.4, 0.5) is 0 Å². The molecule has 0 atom stereocenters. The summed E-state index contributed by atoms with van der Waals surface area (Å²) in [7, 11) is 0. The molecule has 0 spiro atoms. The fraction of sp³-hybridized carbons (Fsp3) is 0.349. The predicted molar refractivity (Wildman–Crippen MR) is 185 cm³/mol. The number of fused-ring (bicyclic) bond motifs is 3. The quantitative estimate of drug-likeness (QED) is 0.172. The Labute approximate surface area is 260 Å². The number of allylic oxidation sites excluding steroid dienone is 4. The van der Waals surface area contributed by atoms with Crippen molar-refractivity contribution in [1.29, 1.82) is 0 Å². The first-order valence-corrected chi connectivity index (χ1v) is 16.4. The summed E-state index contributed by atoms with van der Waals surface area (Å²) in [6.45, 7) is 16.5. The highest BCUT2D eigenvalue weighted by Gasteiger charge is 2.46. The Morgan fingerprint density at radius 2 is 1.28 bits per heavy atom. The highest BCUT2D eigenvalue weighted by atomic mass is 14.5. The number of benzene rings is 4. The van der Waals surface area contributed by atoms with Crippen LogP contribution < -0.4 is 0 Å². The van der Waals surface area contributed by atoms with Gasteiger partial charge in [0.2, 0.25) is 0 Å². The molecule has 0 aromatic heterocycles. The molecule has 0 heterocycles. The lowest BCUT2D eigenvalue weighted by atomic mass is 9.59. The molecule has 0 amide bonds. The van der Waals surface area contributed by atoms with Crippen molar-refractivity contribution < 1.29 is 0 Å². The molecule has 0 saturated carbocycles. The highest BCUT2D eigenvalue weighted by molar-refractivity contribution is 5.82. The lowest BCUT2D eigenvalue weighted by molar-refractivity contribution is 0.563. The van der Waals surface area contributed by atoms with Crippen LogP contribution in [0.5, 0.6) is 0 Å². The molecule has 2 aliphatic carbocycles. The van der Waals surface area contributed by atoms with Crippen molar-refractivity contribution >= 4 is 0 Å². The Hall–Kier alpha value is -3.64. The number of rotatable bonds is 7. The summed E-state index contributed by atoms with van der Waals surface area (Å²) < 4.78 is 0. The SMILES string of the molecule is CCCCC1=CCC(C(c2ccccc2)(c2ccccc2)c2c(C(C)(C)C)ccc3c2Cc2cc(C(C)(C)C)ccc2-3)=C1. The number of hydrogen-bond acceptors (Lipinski definition) is 0. The first-order valence-electron chi connectivity index (χ1n) is 16.4. The van der Waals surface area contributed by atoms with Crippen molar-refractivity contribution in [3.8, 4) is 11.1 Å². The Morgan fingerprint density at radius 1 is 0.651 bits per heavy atom. The van der Waals surface area contributed by atoms with Crippen LogP contribution in [-0.4, -0.2) is 0 Å². The largest absolute Gasteiger partial charge is 0.0772 e. The van der Waals surface area contributed by atoms with Crippen molar-refractivity contribution in [2.75, 3.05) is 0 Å². The minimum Gasteiger partial charge on any atom is -0.0772 e. The van der Waals surface area contributed by atoms with E-state index in [1.807, 2.05) is 0 Å². The molecule has 0 bridgehead atoms. The molecule has 43 heavy (non-hydrogen) atoms. The average molecular weight is 565 g/mol. The summed E-state index contributed by atoms with van der Waals surface area (Å²) in [6, 6.07) is 34.9. The molecular weight excluding hydrogens is 516 g/mol. The molecule has 0 radical (unpaired) electrons. The van der Waals surface area contributed by atoms with E-state index in [9.17, 15) is 0 Å². The monoisotopic (exact) mass is 564 g/mol. The van der Waals surface area contributed by atoms with Gasteiger partial charge in [-0.3, -0.25) is 0 Å². The molecule has 2 aliphatic rings. The maximum Gasteiger partial charge on any atom is 0.0673 e. The second-order valence-corrected chi connectivity index (χ2v) is 14.8. The van der Waals surface area contributed by atoms with Crippen molar-refractivity contribution in [2.45, 2.75) is 96.8 Å². The van der Waals surface area contributed by atoms with E-state index in [-0.39, 0.29) is 10.8 Å². The molecule has 0 N–H and O–H groups in total. The van der Waals surface area contributed by atoms with E-state index < -0.39 is 5.41 Å². The topological polar surface area (TPSA) is 0 Å². The van der Waals surface area contributed by atoms with Gasteiger partial charge in [-0.25, -0.2) is 0 Å². The standard InChI is InChI=1S/C43H48/c1-8-9-16-30-21-22-35(27-30)43(32-17-12-10-13-18-32,33-19-14-11-15-20-33)40-38-29-31-28-34(41(2,3)4)23-24-36(31)37(38)25-26-39(40)42(5,6)7/h10-15,17-21,23-28H,8-9,16,22,29H2,1-7H3. The first-order chi connectivity index (χ1) is 20.5. The van der Waals surface area contributed by atoms with Gasteiger partial charge in [-0.1, -0.05) is 164 Å². The maximum atomic E-state index is 2.57. The maximum absolute atomic E-state index is 2.57. The van der Waals surface area contributed by atoms with Gasteiger partial charge in [-0.2, -0.15) is 0 Å². The third kappa shape index (κ3) is 5.14. The zero-order valence-corrected chi connectivity index (χ0v) is 27.4. The third-order valence-electron chi connectivity index (χ3n) is 9.78. The van der Waals surface area contributed by atoms with Gasteiger partial charge in [0, 0.05) is 0 Å². The Bertz CT molecular complexity index is 1640. The summed E-state index contributed by atoms with van der Waals surface area (Å²) in [5.41, 5.74) is 15.6. The molecule has 4 aromatic carbocycles. The number of unbranched alkanes of at least 4 members (excludes halogenated alkanes) is 1. The van der Waals surface area contributed by atoms with Gasteiger partial charge in [-0.15, -0.1) is 0 Å². The smallest absolute Gasteiger partial charge is 0.0673 e. The lowest BCUT2D eigenvalue weighted by Crippen LogP contribution is -2.36. The van der Waals surface area contributed by atoms with Crippen molar-refractivity contribution in [3.05, 3.63) is 153 Å². The minimum absolute atomic E-state index is 0.0256. The van der Waals surface area contributed by atoms with Crippen LogP contribution in [0.1, 0.15) is 113 Å². The molecule has 4 aromatic rings. The van der Waals surface area contributed by atoms with Crippen molar-refractivity contribution in [1.82, 2.24) is 0 Å². The van der Waals surface area contributed by atoms with E-state index in [2.05, 4.69) is 152 Å². The lowest BCUT2D eigenvalue weighted by Gasteiger charge is -2.42. The van der Waals surface area contributed by atoms with Crippen LogP contribution in [0.15, 0.2) is 114 Å². The molecule has 0 saturated heterocycles. The molecule has 220 valence electrons. The Balaban J connectivity index is 1.71. The van der Waals surface area contributed by atoms with Crippen LogP contribution in [0, 0.1) is 0 Å². The normalized spacial score (nSPS) is 14.8. The van der Waals surface area contributed by atoms with E-state index in [1.165, 1.54) is 74.1 Å². The van der Waals surface area contributed by atoms with Crippen LogP contribution in [0.2, 0.25) is 0 Å². The summed E-state index contributed by atoms with van der Waals surface area (Å²) >= 11 is 0. The Kier molecular flexibility index (Phi) is 7.62. The van der Waals surface area contributed by atoms with E-state index in [4.69, 9.17) is 0 Å². The van der Waals surface area contributed by atoms with E-state index >= 15 is 0 Å². The Morgan fingerprint density at radius 3 is 1.86 bits per heavy atom. The first kappa shape index (κ1) is 29.4. The molecule has 0 heteroatoms. The van der Waals surface area contributed by atoms with Crippen LogP contribution in [0.25, 0.3) is 11.1 Å². The molecule has 0 aliphatic heterocycles. The molecule has 0 nitrogen and oxygen atoms in total. The fourth-order valence-electron chi connectivity index (χ4n) is 7.56. The van der Waals surface area contributed by atoms with Gasteiger partial charge in [0.1, 0.15) is 0 Å². The van der Waals surface area contributed by atoms with Crippen LogP contribution >= 0.6 is 0 Å². The average Bonchev–Trinajstić information content (AvgIpc) is 3.61. The number of hydrogen-bond donors (Lipinski definition) is 0. The van der Waals surface area contributed by atoms with Gasteiger partial charge in [-0.05, 0) is 92.2 Å². The van der Waals surface area contributed by atoms with Crippen molar-refractivity contribution in [3.63, 3.8) is 0 Å². The van der Waals surface area contributed by atoms with Gasteiger partial charge in [0.05, 0.1) is 5.41 Å². The predicted octanol–water partition coefficient (Wildman–Crippen LogP) is 11.6. The molecule has 0 unspecified atom stereocenters. The zero-order valence-electron chi connectivity index (χ0n) is 27.4. The molecule has 0 fully saturated rings. The second kappa shape index (κ2) is 11.1. The molecule has 6 rings (SSSR count). The second-order valence-electron chi connectivity index (χ2n) is 14.8. The summed E-state index contributed by atoms with van der Waals surface area (Å²) in [5.74, 6) is 0. The van der Waals surface area contributed by atoms with E-state index in [0.717, 1.165) is 19.3 Å². The summed E-state index contributed by atoms with van der Waals surface area (Å²) in [5, 5.41) is 0. The van der Waals surface area contributed by atoms with E-state index in [1.54, 1.807) is 0 Å². The third-order valence-corrected chi connectivity index (χ3v) is 9.78. The van der Waals surface area contributed by atoms with Gasteiger partial charge in [0.15, 0.2) is 0 Å². The molecular formula is C43H48. The van der Waals surface area contributed by atoms with Gasteiger partial charge in [0.25, 0.3) is 0 Å². The summed E-state index contributed by atoms with van der Waals surface area (Å²) in [6.07, 6.45) is 10.6. The summed E-state index contributed by atoms with van der Waals surface area (Å²) in [4.78, 5) is 0. The van der Waals surface area contributed by atoms with Crippen LogP contribution in [0.3, 0.4) is 0 Å². The fourth-order valence-corrected chi connectivity index (χ4v) is 7.56.